The van der Waals surface area contributed by atoms with Gasteiger partial charge in [0.25, 0.3) is 5.91 Å². The Balaban J connectivity index is 1.42. The number of carbonyl (C=O) groups is 3. The second kappa shape index (κ2) is 8.77. The smallest absolute Gasteiger partial charge is 0.261 e. The molecule has 2 aromatic rings. The molecule has 0 aromatic carbocycles. The van der Waals surface area contributed by atoms with E-state index < -0.39 is 0 Å². The third kappa shape index (κ3) is 5.13. The molecule has 2 aromatic heterocycles. The van der Waals surface area contributed by atoms with E-state index in [2.05, 4.69) is 15.6 Å². The predicted octanol–water partition coefficient (Wildman–Crippen LogP) is 2.06. The van der Waals surface area contributed by atoms with Crippen molar-refractivity contribution in [3.63, 3.8) is 0 Å². The SMILES string of the molecule is Cc1ccc(C(=O)NCC(=O)N2CCC(C(=O)Nc3ccncc3)CC2)s1. The van der Waals surface area contributed by atoms with Crippen LogP contribution >= 0.6 is 11.3 Å². The number of aromatic nitrogens is 1. The molecule has 0 radical (unpaired) electrons. The summed E-state index contributed by atoms with van der Waals surface area (Å²) in [5.74, 6) is -0.502. The molecule has 2 N–H and O–H groups in total. The van der Waals surface area contributed by atoms with Crippen LogP contribution in [0.15, 0.2) is 36.7 Å². The van der Waals surface area contributed by atoms with Crippen molar-refractivity contribution in [2.75, 3.05) is 25.0 Å². The van der Waals surface area contributed by atoms with E-state index in [0.717, 1.165) is 10.6 Å². The summed E-state index contributed by atoms with van der Waals surface area (Å²) in [4.78, 5) is 44.0. The van der Waals surface area contributed by atoms with Crippen LogP contribution in [-0.4, -0.2) is 47.2 Å². The van der Waals surface area contributed by atoms with Gasteiger partial charge in [0.1, 0.15) is 0 Å². The first-order chi connectivity index (χ1) is 13.0. The molecule has 1 saturated heterocycles. The highest BCUT2D eigenvalue weighted by Crippen LogP contribution is 2.19. The summed E-state index contributed by atoms with van der Waals surface area (Å²) < 4.78 is 0. The fourth-order valence-electron chi connectivity index (χ4n) is 2.98. The second-order valence-electron chi connectivity index (χ2n) is 6.47. The maximum absolute atomic E-state index is 12.3. The number of anilines is 1. The number of hydrogen-bond acceptors (Lipinski definition) is 5. The first-order valence-electron chi connectivity index (χ1n) is 8.86. The zero-order valence-electron chi connectivity index (χ0n) is 15.1. The van der Waals surface area contributed by atoms with E-state index in [1.54, 1.807) is 35.5 Å². The molecule has 8 heteroatoms. The van der Waals surface area contributed by atoms with Gasteiger partial charge in [-0.15, -0.1) is 11.3 Å². The molecule has 0 unspecified atom stereocenters. The van der Waals surface area contributed by atoms with Gasteiger partial charge < -0.3 is 15.5 Å². The molecule has 3 heterocycles. The average Bonchev–Trinajstić information content (AvgIpc) is 3.13. The number of carbonyl (C=O) groups excluding carboxylic acids is 3. The van der Waals surface area contributed by atoms with Gasteiger partial charge in [-0.05, 0) is 44.0 Å². The fraction of sp³-hybridized carbons (Fsp3) is 0.368. The number of nitrogens with zero attached hydrogens (tertiary/aromatic N) is 2. The van der Waals surface area contributed by atoms with Crippen LogP contribution in [0.25, 0.3) is 0 Å². The van der Waals surface area contributed by atoms with Crippen LogP contribution in [0.3, 0.4) is 0 Å². The zero-order chi connectivity index (χ0) is 19.2. The molecule has 0 spiro atoms. The maximum Gasteiger partial charge on any atom is 0.261 e. The Morgan fingerprint density at radius 2 is 1.85 bits per heavy atom. The number of piperidine rings is 1. The van der Waals surface area contributed by atoms with Gasteiger partial charge in [0.05, 0.1) is 11.4 Å². The number of nitrogens with one attached hydrogen (secondary N) is 2. The van der Waals surface area contributed by atoms with Crippen molar-refractivity contribution in [3.05, 3.63) is 46.4 Å². The minimum atomic E-state index is -0.229. The molecular formula is C19H22N4O3S. The molecule has 1 aliphatic rings. The number of hydrogen-bond donors (Lipinski definition) is 2. The van der Waals surface area contributed by atoms with Gasteiger partial charge >= 0.3 is 0 Å². The van der Waals surface area contributed by atoms with Crippen LogP contribution in [-0.2, 0) is 9.59 Å². The first kappa shape index (κ1) is 19.0. The van der Waals surface area contributed by atoms with Crippen LogP contribution in [0.2, 0.25) is 0 Å². The molecule has 3 rings (SSSR count). The average molecular weight is 386 g/mol. The van der Waals surface area contributed by atoms with Gasteiger partial charge in [-0.1, -0.05) is 0 Å². The van der Waals surface area contributed by atoms with Crippen molar-refractivity contribution in [3.8, 4) is 0 Å². The van der Waals surface area contributed by atoms with Gasteiger partial charge in [0, 0.05) is 42.0 Å². The highest BCUT2D eigenvalue weighted by molar-refractivity contribution is 7.13. The first-order valence-corrected chi connectivity index (χ1v) is 9.68. The fourth-order valence-corrected chi connectivity index (χ4v) is 3.77. The molecule has 0 saturated carbocycles. The summed E-state index contributed by atoms with van der Waals surface area (Å²) in [5.41, 5.74) is 0.722. The van der Waals surface area contributed by atoms with Gasteiger partial charge in [0.15, 0.2) is 0 Å². The van der Waals surface area contributed by atoms with E-state index in [4.69, 9.17) is 0 Å². The van der Waals surface area contributed by atoms with Crippen LogP contribution < -0.4 is 10.6 Å². The third-order valence-electron chi connectivity index (χ3n) is 4.53. The summed E-state index contributed by atoms with van der Waals surface area (Å²) in [7, 11) is 0. The van der Waals surface area contributed by atoms with Gasteiger partial charge in [-0.3, -0.25) is 19.4 Å². The molecule has 1 aliphatic heterocycles. The number of thiophene rings is 1. The molecule has 1 fully saturated rings. The predicted molar refractivity (Wildman–Crippen MR) is 104 cm³/mol. The van der Waals surface area contributed by atoms with Crippen molar-refractivity contribution < 1.29 is 14.4 Å². The molecule has 142 valence electrons. The third-order valence-corrected chi connectivity index (χ3v) is 5.53. The molecule has 0 aliphatic carbocycles. The minimum absolute atomic E-state index is 0.0241. The lowest BCUT2D eigenvalue weighted by atomic mass is 9.95. The normalized spacial score (nSPS) is 14.6. The Hall–Kier alpha value is -2.74. The zero-order valence-corrected chi connectivity index (χ0v) is 15.9. The Morgan fingerprint density at radius 1 is 1.15 bits per heavy atom. The molecule has 3 amide bonds. The largest absolute Gasteiger partial charge is 0.342 e. The molecule has 7 nitrogen and oxygen atoms in total. The highest BCUT2D eigenvalue weighted by Gasteiger charge is 2.27. The Labute approximate surface area is 161 Å². The minimum Gasteiger partial charge on any atom is -0.342 e. The second-order valence-corrected chi connectivity index (χ2v) is 7.76. The Bertz CT molecular complexity index is 813. The topological polar surface area (TPSA) is 91.4 Å². The molecule has 0 bridgehead atoms. The van der Waals surface area contributed by atoms with E-state index in [1.165, 1.54) is 11.3 Å². The van der Waals surface area contributed by atoms with Crippen molar-refractivity contribution in [1.29, 1.82) is 0 Å². The van der Waals surface area contributed by atoms with Crippen LogP contribution in [0, 0.1) is 12.8 Å². The quantitative estimate of drug-likeness (QED) is 0.823. The molecule has 27 heavy (non-hydrogen) atoms. The highest BCUT2D eigenvalue weighted by atomic mass is 32.1. The van der Waals surface area contributed by atoms with E-state index >= 15 is 0 Å². The summed E-state index contributed by atoms with van der Waals surface area (Å²) >= 11 is 1.40. The molecule has 0 atom stereocenters. The van der Waals surface area contributed by atoms with Gasteiger partial charge in [0.2, 0.25) is 11.8 Å². The van der Waals surface area contributed by atoms with E-state index in [9.17, 15) is 14.4 Å². The van der Waals surface area contributed by atoms with E-state index in [-0.39, 0.29) is 30.2 Å². The van der Waals surface area contributed by atoms with Crippen molar-refractivity contribution in [2.45, 2.75) is 19.8 Å². The Kier molecular flexibility index (Phi) is 6.18. The monoisotopic (exact) mass is 386 g/mol. The number of amides is 3. The maximum atomic E-state index is 12.3. The number of likely N-dealkylation sites (tertiary alicyclic amines) is 1. The number of aryl methyl sites for hydroxylation is 1. The van der Waals surface area contributed by atoms with Gasteiger partial charge in [-0.2, -0.15) is 0 Å². The van der Waals surface area contributed by atoms with E-state index in [0.29, 0.717) is 30.8 Å². The van der Waals surface area contributed by atoms with Crippen LogP contribution in [0.5, 0.6) is 0 Å². The Morgan fingerprint density at radius 3 is 2.48 bits per heavy atom. The van der Waals surface area contributed by atoms with Crippen molar-refractivity contribution in [2.24, 2.45) is 5.92 Å². The lowest BCUT2D eigenvalue weighted by Gasteiger charge is -2.31. The van der Waals surface area contributed by atoms with Crippen molar-refractivity contribution in [1.82, 2.24) is 15.2 Å². The van der Waals surface area contributed by atoms with E-state index in [1.807, 2.05) is 13.0 Å². The summed E-state index contributed by atoms with van der Waals surface area (Å²) in [6.45, 7) is 2.94. The van der Waals surface area contributed by atoms with Crippen LogP contribution in [0.4, 0.5) is 5.69 Å². The summed E-state index contributed by atoms with van der Waals surface area (Å²) in [5, 5.41) is 5.55. The van der Waals surface area contributed by atoms with Crippen molar-refractivity contribution >= 4 is 34.7 Å². The number of pyridine rings is 1. The molecular weight excluding hydrogens is 364 g/mol. The standard InChI is InChI=1S/C19H22N4O3S/c1-13-2-3-16(27-13)19(26)21-12-17(24)23-10-6-14(7-11-23)18(25)22-15-4-8-20-9-5-15/h2-5,8-9,14H,6-7,10-12H2,1H3,(H,21,26)(H,20,22,25). The van der Waals surface area contributed by atoms with Gasteiger partial charge in [-0.25, -0.2) is 0 Å². The summed E-state index contributed by atoms with van der Waals surface area (Å²) in [6.07, 6.45) is 4.48. The summed E-state index contributed by atoms with van der Waals surface area (Å²) in [6, 6.07) is 7.12. The lowest BCUT2D eigenvalue weighted by molar-refractivity contribution is -0.133. The van der Waals surface area contributed by atoms with Crippen LogP contribution in [0.1, 0.15) is 27.4 Å². The lowest BCUT2D eigenvalue weighted by Crippen LogP contribution is -2.45. The number of rotatable bonds is 5.